The van der Waals surface area contributed by atoms with E-state index in [1.54, 1.807) is 18.6 Å². The Morgan fingerprint density at radius 3 is 2.63 bits per heavy atom. The molecule has 1 saturated heterocycles. The van der Waals surface area contributed by atoms with Crippen LogP contribution in [0.4, 0.5) is 0 Å². The molecule has 3 bridgehead atoms. The Labute approximate surface area is 204 Å². The summed E-state index contributed by atoms with van der Waals surface area (Å²) >= 11 is 0. The number of hydrogen-bond acceptors (Lipinski definition) is 8. The third-order valence-corrected chi connectivity index (χ3v) is 10.5. The number of ether oxygens (including phenoxy) is 3. The van der Waals surface area contributed by atoms with Gasteiger partial charge in [0, 0.05) is 40.2 Å². The highest BCUT2D eigenvalue weighted by Gasteiger charge is 2.83. The molecular weight excluding hydrogens is 452 g/mol. The van der Waals surface area contributed by atoms with Crippen molar-refractivity contribution in [3.05, 3.63) is 35.8 Å². The number of esters is 2. The second-order valence-corrected chi connectivity index (χ2v) is 12.1. The highest BCUT2D eigenvalue weighted by molar-refractivity contribution is 5.93. The molecule has 35 heavy (non-hydrogen) atoms. The van der Waals surface area contributed by atoms with E-state index in [4.69, 9.17) is 18.6 Å². The van der Waals surface area contributed by atoms with Gasteiger partial charge in [0.2, 0.25) is 0 Å². The molecule has 3 heterocycles. The van der Waals surface area contributed by atoms with Gasteiger partial charge in [-0.25, -0.2) is 4.79 Å². The molecule has 5 aliphatic rings. The fraction of sp³-hybridized carbons (Fsp3) is 0.667. The van der Waals surface area contributed by atoms with Crippen LogP contribution in [0.3, 0.4) is 0 Å². The summed E-state index contributed by atoms with van der Waals surface area (Å²) in [7, 11) is 1.33. The normalized spacial score (nSPS) is 47.0. The van der Waals surface area contributed by atoms with Gasteiger partial charge in [-0.05, 0) is 36.8 Å². The van der Waals surface area contributed by atoms with Crippen LogP contribution < -0.4 is 0 Å². The lowest BCUT2D eigenvalue weighted by Crippen LogP contribution is -2.69. The van der Waals surface area contributed by atoms with Crippen LogP contribution >= 0.6 is 0 Å². The lowest BCUT2D eigenvalue weighted by atomic mass is 9.38. The molecule has 6 rings (SSSR count). The molecular formula is C27H32O8. The number of carbonyl (C=O) groups excluding carboxylic acids is 3. The zero-order valence-electron chi connectivity index (χ0n) is 20.8. The molecule has 1 N–H and O–H groups in total. The van der Waals surface area contributed by atoms with E-state index in [9.17, 15) is 19.5 Å². The van der Waals surface area contributed by atoms with Gasteiger partial charge >= 0.3 is 11.9 Å². The Morgan fingerprint density at radius 2 is 1.97 bits per heavy atom. The molecule has 3 aliphatic carbocycles. The van der Waals surface area contributed by atoms with Crippen LogP contribution in [0.5, 0.6) is 0 Å². The second kappa shape index (κ2) is 6.65. The van der Waals surface area contributed by atoms with Gasteiger partial charge in [0.1, 0.15) is 11.9 Å². The van der Waals surface area contributed by atoms with E-state index in [2.05, 4.69) is 6.92 Å². The molecule has 188 valence electrons. The number of ketones is 1. The van der Waals surface area contributed by atoms with E-state index >= 15 is 0 Å². The first-order chi connectivity index (χ1) is 16.4. The van der Waals surface area contributed by atoms with E-state index in [1.807, 2.05) is 20.8 Å². The largest absolute Gasteiger partial charge is 0.472 e. The summed E-state index contributed by atoms with van der Waals surface area (Å²) < 4.78 is 22.9. The number of cyclic esters (lactones) is 1. The summed E-state index contributed by atoms with van der Waals surface area (Å²) in [6, 6.07) is 1.80. The molecule has 4 fully saturated rings. The van der Waals surface area contributed by atoms with Crippen molar-refractivity contribution < 1.29 is 38.1 Å². The summed E-state index contributed by atoms with van der Waals surface area (Å²) in [4.78, 5) is 39.5. The van der Waals surface area contributed by atoms with Crippen molar-refractivity contribution in [2.24, 2.45) is 34.0 Å². The highest BCUT2D eigenvalue weighted by atomic mass is 16.7. The van der Waals surface area contributed by atoms with Crippen LogP contribution in [-0.2, 0) is 28.6 Å². The van der Waals surface area contributed by atoms with E-state index in [1.165, 1.54) is 13.2 Å². The number of carbonyl (C=O) groups is 3. The Balaban J connectivity index is 1.56. The molecule has 8 heteroatoms. The maximum absolute atomic E-state index is 14.0. The van der Waals surface area contributed by atoms with Crippen LogP contribution in [0.15, 0.2) is 34.7 Å². The van der Waals surface area contributed by atoms with Gasteiger partial charge in [0.05, 0.1) is 31.2 Å². The monoisotopic (exact) mass is 484 g/mol. The molecule has 1 aromatic heterocycles. The van der Waals surface area contributed by atoms with Gasteiger partial charge in [0.25, 0.3) is 0 Å². The number of fused-ring (bicyclic) bond motifs is 3. The number of aliphatic hydroxyl groups is 1. The smallest absolute Gasteiger partial charge is 0.331 e. The zero-order valence-corrected chi connectivity index (χ0v) is 20.8. The number of Topliss-reactive ketones (excluding diaryl/α,β-unsaturated/α-hetero) is 1. The number of rotatable bonds is 3. The average Bonchev–Trinajstić information content (AvgIpc) is 3.42. The van der Waals surface area contributed by atoms with Crippen molar-refractivity contribution >= 4 is 17.7 Å². The Morgan fingerprint density at radius 1 is 1.23 bits per heavy atom. The van der Waals surface area contributed by atoms with Crippen LogP contribution in [-0.4, -0.2) is 41.3 Å². The van der Waals surface area contributed by atoms with Gasteiger partial charge in [-0.2, -0.15) is 0 Å². The summed E-state index contributed by atoms with van der Waals surface area (Å²) in [5.74, 6) is -4.27. The Hall–Kier alpha value is -2.45. The van der Waals surface area contributed by atoms with Gasteiger partial charge in [-0.3, -0.25) is 9.59 Å². The maximum Gasteiger partial charge on any atom is 0.331 e. The third kappa shape index (κ3) is 2.43. The Kier molecular flexibility index (Phi) is 4.37. The molecule has 1 aromatic rings. The van der Waals surface area contributed by atoms with Crippen molar-refractivity contribution in [3.8, 4) is 0 Å². The minimum Gasteiger partial charge on any atom is -0.472 e. The number of furan rings is 1. The van der Waals surface area contributed by atoms with E-state index in [-0.39, 0.29) is 18.1 Å². The first-order valence-corrected chi connectivity index (χ1v) is 12.4. The summed E-state index contributed by atoms with van der Waals surface area (Å²) in [6.07, 6.45) is 5.69. The molecule has 2 aliphatic heterocycles. The van der Waals surface area contributed by atoms with Crippen molar-refractivity contribution in [2.75, 3.05) is 7.11 Å². The standard InChI is InChI=1S/C27H32O8/c1-23(2)17(10-19(28)32-5)25(4)16-6-8-24(3)18(11-20(29)34-22(24)14-7-9-33-13-14)26(16)12-15(21(25)30)27(23,31)35-26/h7,9,11,13,15-17,22,31H,6,8,10,12H2,1-5H3/t15-,16-,17+,22+,24-,25-,26+,27-/m1/s1. The van der Waals surface area contributed by atoms with Crippen molar-refractivity contribution in [1.29, 1.82) is 0 Å². The molecule has 0 radical (unpaired) electrons. The minimum atomic E-state index is -1.78. The van der Waals surface area contributed by atoms with E-state index in [0.717, 1.165) is 11.1 Å². The SMILES string of the molecule is COC(=O)C[C@H]1C(C)(C)[C@]2(O)O[C@@]34C[C@@H]2C(=O)[C@]1(C)[C@H]3CC[C@]1(C)C4=CC(=O)O[C@H]1c1ccoc1. The minimum absolute atomic E-state index is 0.00666. The number of methoxy groups -OCH3 is 1. The first-order valence-electron chi connectivity index (χ1n) is 12.4. The quantitative estimate of drug-likeness (QED) is 0.649. The lowest BCUT2D eigenvalue weighted by Gasteiger charge is -2.62. The summed E-state index contributed by atoms with van der Waals surface area (Å²) in [6.45, 7) is 7.76. The molecule has 0 aromatic carbocycles. The van der Waals surface area contributed by atoms with E-state index in [0.29, 0.717) is 19.3 Å². The van der Waals surface area contributed by atoms with Gasteiger partial charge < -0.3 is 23.7 Å². The van der Waals surface area contributed by atoms with Crippen molar-refractivity contribution in [3.63, 3.8) is 0 Å². The molecule has 1 spiro atoms. The third-order valence-electron chi connectivity index (χ3n) is 10.5. The van der Waals surface area contributed by atoms with Gasteiger partial charge in [0.15, 0.2) is 5.79 Å². The van der Waals surface area contributed by atoms with Crippen molar-refractivity contribution in [1.82, 2.24) is 0 Å². The summed E-state index contributed by atoms with van der Waals surface area (Å²) in [5, 5.41) is 12.1. The van der Waals surface area contributed by atoms with Crippen LogP contribution in [0, 0.1) is 34.0 Å². The molecule has 8 atom stereocenters. The number of hydrogen-bond donors (Lipinski definition) is 1. The zero-order chi connectivity index (χ0) is 25.2. The maximum atomic E-state index is 14.0. The fourth-order valence-electron chi connectivity index (χ4n) is 8.82. The predicted molar refractivity (Wildman–Crippen MR) is 120 cm³/mol. The van der Waals surface area contributed by atoms with Gasteiger partial charge in [-0.1, -0.05) is 27.7 Å². The molecule has 0 amide bonds. The average molecular weight is 485 g/mol. The Bertz CT molecular complexity index is 1170. The van der Waals surface area contributed by atoms with E-state index < -0.39 is 57.5 Å². The predicted octanol–water partition coefficient (Wildman–Crippen LogP) is 3.49. The van der Waals surface area contributed by atoms with Gasteiger partial charge in [-0.15, -0.1) is 0 Å². The molecule has 0 unspecified atom stereocenters. The fourth-order valence-corrected chi connectivity index (χ4v) is 8.82. The van der Waals surface area contributed by atoms with Crippen LogP contribution in [0.25, 0.3) is 0 Å². The second-order valence-electron chi connectivity index (χ2n) is 12.1. The van der Waals surface area contributed by atoms with Crippen LogP contribution in [0.1, 0.15) is 65.0 Å². The summed E-state index contributed by atoms with van der Waals surface area (Å²) in [5.41, 5.74) is -1.92. The highest BCUT2D eigenvalue weighted by Crippen LogP contribution is 2.77. The molecule has 8 nitrogen and oxygen atoms in total. The topological polar surface area (TPSA) is 112 Å². The molecule has 3 saturated carbocycles. The van der Waals surface area contributed by atoms with Crippen molar-refractivity contribution in [2.45, 2.75) is 70.9 Å². The first kappa shape index (κ1) is 23.0. The van der Waals surface area contributed by atoms with Crippen LogP contribution in [0.2, 0.25) is 0 Å². The lowest BCUT2D eigenvalue weighted by molar-refractivity contribution is -0.297.